The maximum absolute atomic E-state index is 13.2. The summed E-state index contributed by atoms with van der Waals surface area (Å²) in [7, 11) is 0. The Bertz CT molecular complexity index is 941. The molecule has 0 spiro atoms. The van der Waals surface area contributed by atoms with Crippen molar-refractivity contribution in [1.82, 2.24) is 9.55 Å². The summed E-state index contributed by atoms with van der Waals surface area (Å²) in [5, 5.41) is 0. The first-order valence-electron chi connectivity index (χ1n) is 9.13. The van der Waals surface area contributed by atoms with Crippen LogP contribution in [0.1, 0.15) is 43.6 Å². The van der Waals surface area contributed by atoms with Gasteiger partial charge in [-0.25, -0.2) is 4.79 Å². The predicted octanol–water partition coefficient (Wildman–Crippen LogP) is 2.39. The van der Waals surface area contributed by atoms with Gasteiger partial charge in [0.25, 0.3) is 11.5 Å². The van der Waals surface area contributed by atoms with Gasteiger partial charge in [0.05, 0.1) is 0 Å². The quantitative estimate of drug-likeness (QED) is 0.813. The van der Waals surface area contributed by atoms with E-state index >= 15 is 0 Å². The fourth-order valence-electron chi connectivity index (χ4n) is 2.96. The summed E-state index contributed by atoms with van der Waals surface area (Å²) < 4.78 is 1.32. The number of carbonyl (C=O) groups is 1. The van der Waals surface area contributed by atoms with Crippen LogP contribution in [0.3, 0.4) is 0 Å². The number of anilines is 2. The fraction of sp³-hybridized carbons (Fsp3) is 0.450. The molecule has 2 rings (SSSR count). The molecule has 1 aromatic heterocycles. The molecular weight excluding hydrogens is 344 g/mol. The zero-order valence-electron chi connectivity index (χ0n) is 16.6. The van der Waals surface area contributed by atoms with Gasteiger partial charge in [-0.05, 0) is 30.9 Å². The van der Waals surface area contributed by atoms with E-state index in [0.717, 1.165) is 5.56 Å². The van der Waals surface area contributed by atoms with Crippen molar-refractivity contribution < 1.29 is 4.79 Å². The molecule has 0 bridgehead atoms. The Morgan fingerprint density at radius 1 is 1.19 bits per heavy atom. The molecule has 27 heavy (non-hydrogen) atoms. The Balaban J connectivity index is 2.65. The number of nitrogens with one attached hydrogen (secondary N) is 1. The predicted molar refractivity (Wildman–Crippen MR) is 108 cm³/mol. The summed E-state index contributed by atoms with van der Waals surface area (Å²) >= 11 is 0. The third-order valence-electron chi connectivity index (χ3n) is 4.09. The van der Waals surface area contributed by atoms with Crippen LogP contribution >= 0.6 is 0 Å². The van der Waals surface area contributed by atoms with E-state index < -0.39 is 11.2 Å². The van der Waals surface area contributed by atoms with Crippen molar-refractivity contribution in [3.05, 3.63) is 56.2 Å². The maximum atomic E-state index is 13.2. The number of nitrogens with two attached hydrogens (primary N) is 1. The van der Waals surface area contributed by atoms with Gasteiger partial charge in [0.1, 0.15) is 5.82 Å². The van der Waals surface area contributed by atoms with Crippen LogP contribution in [0.15, 0.2) is 33.9 Å². The van der Waals surface area contributed by atoms with E-state index in [1.807, 2.05) is 40.7 Å². The Labute approximate surface area is 158 Å². The van der Waals surface area contributed by atoms with Gasteiger partial charge in [0.2, 0.25) is 0 Å². The molecule has 1 aromatic carbocycles. The molecule has 0 unspecified atom stereocenters. The number of aryl methyl sites for hydroxylation is 1. The zero-order chi connectivity index (χ0) is 20.3. The van der Waals surface area contributed by atoms with Gasteiger partial charge in [-0.15, -0.1) is 0 Å². The lowest BCUT2D eigenvalue weighted by Gasteiger charge is -2.26. The largest absolute Gasteiger partial charge is 0.383 e. The lowest BCUT2D eigenvalue weighted by atomic mass is 10.1. The molecule has 0 aliphatic carbocycles. The second kappa shape index (κ2) is 8.24. The summed E-state index contributed by atoms with van der Waals surface area (Å²) in [6.07, 6.45) is 0. The minimum Gasteiger partial charge on any atom is -0.383 e. The fourth-order valence-corrected chi connectivity index (χ4v) is 2.96. The first kappa shape index (κ1) is 20.5. The number of carbonyl (C=O) groups excluding carboxylic acids is 1. The van der Waals surface area contributed by atoms with Gasteiger partial charge in [-0.1, -0.05) is 45.4 Å². The Morgan fingerprint density at radius 3 is 2.41 bits per heavy atom. The standard InChI is InChI=1S/C20H28N4O3/c1-12(2)10-23(19(26)15-8-6-7-14(5)9-15)16-17(21)24(11-13(3)4)20(27)22-18(16)25/h6-9,12-13H,10-11,21H2,1-5H3,(H,22,25,27). The van der Waals surface area contributed by atoms with Crippen LogP contribution in [-0.2, 0) is 6.54 Å². The van der Waals surface area contributed by atoms with Crippen molar-refractivity contribution in [3.63, 3.8) is 0 Å². The zero-order valence-corrected chi connectivity index (χ0v) is 16.6. The van der Waals surface area contributed by atoms with Gasteiger partial charge in [-0.2, -0.15) is 0 Å². The molecule has 0 aliphatic rings. The lowest BCUT2D eigenvalue weighted by molar-refractivity contribution is 0.0983. The number of rotatable bonds is 6. The molecule has 0 fully saturated rings. The first-order chi connectivity index (χ1) is 12.6. The third-order valence-corrected chi connectivity index (χ3v) is 4.09. The molecule has 0 aliphatic heterocycles. The van der Waals surface area contributed by atoms with Crippen LogP contribution in [0.2, 0.25) is 0 Å². The average Bonchev–Trinajstić information content (AvgIpc) is 2.56. The first-order valence-corrected chi connectivity index (χ1v) is 9.13. The van der Waals surface area contributed by atoms with Crippen LogP contribution in [-0.4, -0.2) is 22.0 Å². The number of benzene rings is 1. The van der Waals surface area contributed by atoms with Gasteiger partial charge in [0.15, 0.2) is 5.69 Å². The molecular formula is C20H28N4O3. The van der Waals surface area contributed by atoms with E-state index in [-0.39, 0.29) is 29.2 Å². The van der Waals surface area contributed by atoms with Crippen LogP contribution < -0.4 is 21.9 Å². The molecule has 1 amide bonds. The minimum atomic E-state index is -0.654. The van der Waals surface area contributed by atoms with Gasteiger partial charge in [-0.3, -0.25) is 19.1 Å². The monoisotopic (exact) mass is 372 g/mol. The summed E-state index contributed by atoms with van der Waals surface area (Å²) in [6, 6.07) is 7.16. The molecule has 0 saturated heterocycles. The van der Waals surface area contributed by atoms with Crippen molar-refractivity contribution in [1.29, 1.82) is 0 Å². The van der Waals surface area contributed by atoms with Gasteiger partial charge >= 0.3 is 5.69 Å². The van der Waals surface area contributed by atoms with E-state index in [4.69, 9.17) is 5.73 Å². The highest BCUT2D eigenvalue weighted by Crippen LogP contribution is 2.21. The molecule has 7 heteroatoms. The van der Waals surface area contributed by atoms with Crippen molar-refractivity contribution in [2.45, 2.75) is 41.2 Å². The summed E-state index contributed by atoms with van der Waals surface area (Å²) in [4.78, 5) is 41.7. The van der Waals surface area contributed by atoms with E-state index in [1.54, 1.807) is 18.2 Å². The highest BCUT2D eigenvalue weighted by Gasteiger charge is 2.26. The number of H-pyrrole nitrogens is 1. The Morgan fingerprint density at radius 2 is 1.85 bits per heavy atom. The number of hydrogen-bond donors (Lipinski definition) is 2. The minimum absolute atomic E-state index is 0.0131. The molecule has 1 heterocycles. The molecule has 146 valence electrons. The van der Waals surface area contributed by atoms with Crippen molar-refractivity contribution >= 4 is 17.4 Å². The maximum Gasteiger partial charge on any atom is 0.330 e. The smallest absolute Gasteiger partial charge is 0.330 e. The van der Waals surface area contributed by atoms with Gasteiger partial charge < -0.3 is 10.6 Å². The van der Waals surface area contributed by atoms with E-state index in [9.17, 15) is 14.4 Å². The number of aromatic amines is 1. The second-order valence-corrected chi connectivity index (χ2v) is 7.68. The topological polar surface area (TPSA) is 101 Å². The molecule has 7 nitrogen and oxygen atoms in total. The van der Waals surface area contributed by atoms with Crippen LogP contribution in [0.25, 0.3) is 0 Å². The molecule has 3 N–H and O–H groups in total. The number of nitrogen functional groups attached to an aromatic ring is 1. The van der Waals surface area contributed by atoms with E-state index in [0.29, 0.717) is 18.7 Å². The number of amides is 1. The molecule has 0 atom stereocenters. The highest BCUT2D eigenvalue weighted by atomic mass is 16.2. The normalized spacial score (nSPS) is 11.2. The van der Waals surface area contributed by atoms with Crippen molar-refractivity contribution in [2.75, 3.05) is 17.2 Å². The van der Waals surface area contributed by atoms with Crippen molar-refractivity contribution in [3.8, 4) is 0 Å². The second-order valence-electron chi connectivity index (χ2n) is 7.68. The summed E-state index contributed by atoms with van der Waals surface area (Å²) in [5.74, 6) is -0.0590. The number of hydrogen-bond acceptors (Lipinski definition) is 4. The summed E-state index contributed by atoms with van der Waals surface area (Å²) in [5.41, 5.74) is 6.42. The SMILES string of the molecule is Cc1cccc(C(=O)N(CC(C)C)c2c(N)n(CC(C)C)c(=O)[nH]c2=O)c1. The van der Waals surface area contributed by atoms with Crippen molar-refractivity contribution in [2.24, 2.45) is 11.8 Å². The lowest BCUT2D eigenvalue weighted by Crippen LogP contribution is -2.43. The Hall–Kier alpha value is -2.83. The van der Waals surface area contributed by atoms with Crippen LogP contribution in [0.5, 0.6) is 0 Å². The Kier molecular flexibility index (Phi) is 6.25. The highest BCUT2D eigenvalue weighted by molar-refractivity contribution is 6.07. The van der Waals surface area contributed by atoms with Crippen LogP contribution in [0, 0.1) is 18.8 Å². The molecule has 0 saturated carbocycles. The van der Waals surface area contributed by atoms with E-state index in [1.165, 1.54) is 9.47 Å². The number of nitrogens with zero attached hydrogens (tertiary/aromatic N) is 2. The number of aromatic nitrogens is 2. The van der Waals surface area contributed by atoms with E-state index in [2.05, 4.69) is 4.98 Å². The van der Waals surface area contributed by atoms with Crippen LogP contribution in [0.4, 0.5) is 11.5 Å². The van der Waals surface area contributed by atoms with Gasteiger partial charge in [0, 0.05) is 18.7 Å². The molecule has 0 radical (unpaired) electrons. The average molecular weight is 372 g/mol. The third kappa shape index (κ3) is 4.67. The molecule has 2 aromatic rings. The summed E-state index contributed by atoms with van der Waals surface area (Å²) in [6.45, 7) is 10.3.